The molecule has 182 valence electrons. The Bertz CT molecular complexity index is 1640. The second-order valence-electron chi connectivity index (χ2n) is 7.65. The molecule has 37 heavy (non-hydrogen) atoms. The topological polar surface area (TPSA) is 122 Å². The molecule has 4 aromatic rings. The number of ether oxygens (including phenoxy) is 1. The van der Waals surface area contributed by atoms with Gasteiger partial charge in [0.1, 0.15) is 22.4 Å². The Kier molecular flexibility index (Phi) is 7.63. The summed E-state index contributed by atoms with van der Waals surface area (Å²) in [5, 5.41) is 24.6. The highest BCUT2D eigenvalue weighted by Crippen LogP contribution is 2.30. The number of halogens is 2. The van der Waals surface area contributed by atoms with Gasteiger partial charge in [0.05, 0.1) is 15.0 Å². The fourth-order valence-corrected chi connectivity index (χ4v) is 4.16. The number of hydrogen-bond acceptors (Lipinski definition) is 6. The van der Waals surface area contributed by atoms with Gasteiger partial charge in [0.2, 0.25) is 0 Å². The first-order valence-electron chi connectivity index (χ1n) is 10.6. The number of hydrogen-bond donors (Lipinski definition) is 1. The Morgan fingerprint density at radius 3 is 2.54 bits per heavy atom. The van der Waals surface area contributed by atoms with Gasteiger partial charge in [0, 0.05) is 11.8 Å². The first-order chi connectivity index (χ1) is 17.8. The van der Waals surface area contributed by atoms with Crippen molar-refractivity contribution < 1.29 is 19.2 Å². The van der Waals surface area contributed by atoms with Crippen LogP contribution in [0, 0.1) is 21.4 Å². The standard InChI is InChI=1S/C27H15BrClN3O5/c28-22-13-16(12-18(15-30)26(33)31-19-9-10-23(29)24(14-19)32(35)36)8-11-25(22)37-27(34)21-7-3-5-17-4-1-2-6-20(17)21/h1-14H,(H,31,33)/b18-12+. The number of nitriles is 1. The zero-order chi connectivity index (χ0) is 26.5. The minimum absolute atomic E-state index is 0.0786. The molecule has 4 aromatic carbocycles. The van der Waals surface area contributed by atoms with Crippen molar-refractivity contribution in [1.29, 1.82) is 5.26 Å². The minimum Gasteiger partial charge on any atom is -0.422 e. The van der Waals surface area contributed by atoms with Crippen LogP contribution in [0.5, 0.6) is 5.75 Å². The summed E-state index contributed by atoms with van der Waals surface area (Å²) in [5.74, 6) is -1.04. The minimum atomic E-state index is -0.762. The maximum absolute atomic E-state index is 12.8. The van der Waals surface area contributed by atoms with Gasteiger partial charge in [-0.05, 0) is 68.7 Å². The highest BCUT2D eigenvalue weighted by Gasteiger charge is 2.17. The number of amides is 1. The van der Waals surface area contributed by atoms with E-state index in [0.29, 0.717) is 15.6 Å². The average molecular weight is 577 g/mol. The van der Waals surface area contributed by atoms with Crippen molar-refractivity contribution in [3.05, 3.63) is 115 Å². The molecule has 0 saturated carbocycles. The van der Waals surface area contributed by atoms with E-state index in [4.69, 9.17) is 16.3 Å². The van der Waals surface area contributed by atoms with E-state index in [1.54, 1.807) is 24.3 Å². The molecule has 1 amide bonds. The van der Waals surface area contributed by atoms with E-state index in [2.05, 4.69) is 21.2 Å². The summed E-state index contributed by atoms with van der Waals surface area (Å²) >= 11 is 9.15. The van der Waals surface area contributed by atoms with Gasteiger partial charge in [-0.2, -0.15) is 5.26 Å². The van der Waals surface area contributed by atoms with Crippen molar-refractivity contribution in [2.24, 2.45) is 0 Å². The summed E-state index contributed by atoms with van der Waals surface area (Å²) in [6.45, 7) is 0. The second-order valence-corrected chi connectivity index (χ2v) is 8.91. The number of fused-ring (bicyclic) bond motifs is 1. The highest BCUT2D eigenvalue weighted by molar-refractivity contribution is 9.10. The van der Waals surface area contributed by atoms with E-state index in [-0.39, 0.29) is 27.7 Å². The van der Waals surface area contributed by atoms with Crippen molar-refractivity contribution >= 4 is 67.6 Å². The number of benzene rings is 4. The number of carbonyl (C=O) groups excluding carboxylic acids is 2. The largest absolute Gasteiger partial charge is 0.422 e. The van der Waals surface area contributed by atoms with Gasteiger partial charge in [-0.1, -0.05) is 54.1 Å². The lowest BCUT2D eigenvalue weighted by Gasteiger charge is -2.09. The Hall–Kier alpha value is -4.52. The van der Waals surface area contributed by atoms with Crippen LogP contribution in [0.25, 0.3) is 16.8 Å². The van der Waals surface area contributed by atoms with Gasteiger partial charge in [0.15, 0.2) is 0 Å². The number of nitrogens with zero attached hydrogens (tertiary/aromatic N) is 2. The third-order valence-electron chi connectivity index (χ3n) is 5.24. The number of nitrogens with one attached hydrogen (secondary N) is 1. The summed E-state index contributed by atoms with van der Waals surface area (Å²) < 4.78 is 6.01. The van der Waals surface area contributed by atoms with Gasteiger partial charge in [-0.15, -0.1) is 0 Å². The van der Waals surface area contributed by atoms with Crippen LogP contribution in [0.2, 0.25) is 5.02 Å². The lowest BCUT2D eigenvalue weighted by molar-refractivity contribution is -0.384. The Balaban J connectivity index is 1.52. The molecule has 0 aliphatic heterocycles. The monoisotopic (exact) mass is 575 g/mol. The molecular formula is C27H15BrClN3O5. The lowest BCUT2D eigenvalue weighted by atomic mass is 10.0. The predicted molar refractivity (Wildman–Crippen MR) is 143 cm³/mol. The Morgan fingerprint density at radius 2 is 1.81 bits per heavy atom. The fourth-order valence-electron chi connectivity index (χ4n) is 3.49. The summed E-state index contributed by atoms with van der Waals surface area (Å²) in [4.78, 5) is 35.8. The SMILES string of the molecule is N#C/C(=C\c1ccc(OC(=O)c2cccc3ccccc23)c(Br)c1)C(=O)Nc1ccc(Cl)c([N+](=O)[O-])c1. The van der Waals surface area contributed by atoms with Crippen molar-refractivity contribution in [1.82, 2.24) is 0 Å². The molecule has 0 unspecified atom stereocenters. The number of nitro benzene ring substituents is 1. The zero-order valence-corrected chi connectivity index (χ0v) is 21.1. The van der Waals surface area contributed by atoms with Gasteiger partial charge in [0.25, 0.3) is 11.6 Å². The number of esters is 1. The lowest BCUT2D eigenvalue weighted by Crippen LogP contribution is -2.13. The molecule has 4 rings (SSSR count). The molecule has 0 aliphatic rings. The summed E-state index contributed by atoms with van der Waals surface area (Å²) in [6.07, 6.45) is 1.33. The average Bonchev–Trinajstić information content (AvgIpc) is 2.89. The normalized spacial score (nSPS) is 11.0. The van der Waals surface area contributed by atoms with Crippen LogP contribution in [0.4, 0.5) is 11.4 Å². The van der Waals surface area contributed by atoms with Crippen molar-refractivity contribution in [3.8, 4) is 11.8 Å². The molecule has 0 heterocycles. The molecule has 0 fully saturated rings. The van der Waals surface area contributed by atoms with Crippen LogP contribution in [-0.2, 0) is 4.79 Å². The molecule has 0 atom stereocenters. The van der Waals surface area contributed by atoms with E-state index >= 15 is 0 Å². The number of anilines is 1. The summed E-state index contributed by atoms with van der Waals surface area (Å²) in [6, 6.07) is 23.1. The first kappa shape index (κ1) is 25.6. The molecule has 1 N–H and O–H groups in total. The number of carbonyl (C=O) groups is 2. The van der Waals surface area contributed by atoms with E-state index < -0.39 is 16.8 Å². The number of rotatable bonds is 6. The molecule has 0 spiro atoms. The van der Waals surface area contributed by atoms with Crippen LogP contribution in [0.3, 0.4) is 0 Å². The van der Waals surface area contributed by atoms with Crippen molar-refractivity contribution in [2.75, 3.05) is 5.32 Å². The summed E-state index contributed by atoms with van der Waals surface area (Å²) in [5.41, 5.74) is 0.383. The van der Waals surface area contributed by atoms with Crippen LogP contribution in [0.1, 0.15) is 15.9 Å². The van der Waals surface area contributed by atoms with Gasteiger partial charge in [-0.25, -0.2) is 4.79 Å². The predicted octanol–water partition coefficient (Wildman–Crippen LogP) is 6.93. The molecule has 0 radical (unpaired) electrons. The van der Waals surface area contributed by atoms with E-state index in [0.717, 1.165) is 16.8 Å². The van der Waals surface area contributed by atoms with Gasteiger partial charge < -0.3 is 10.1 Å². The second kappa shape index (κ2) is 11.0. The third-order valence-corrected chi connectivity index (χ3v) is 6.18. The molecule has 0 saturated heterocycles. The zero-order valence-electron chi connectivity index (χ0n) is 18.8. The fraction of sp³-hybridized carbons (Fsp3) is 0. The maximum atomic E-state index is 12.8. The highest BCUT2D eigenvalue weighted by atomic mass is 79.9. The van der Waals surface area contributed by atoms with Gasteiger partial charge in [-0.3, -0.25) is 14.9 Å². The van der Waals surface area contributed by atoms with Crippen LogP contribution in [-0.4, -0.2) is 16.8 Å². The van der Waals surface area contributed by atoms with Crippen molar-refractivity contribution in [2.45, 2.75) is 0 Å². The smallest absolute Gasteiger partial charge is 0.344 e. The molecule has 8 nitrogen and oxygen atoms in total. The third kappa shape index (κ3) is 5.83. The van der Waals surface area contributed by atoms with Crippen LogP contribution < -0.4 is 10.1 Å². The van der Waals surface area contributed by atoms with E-state index in [9.17, 15) is 25.0 Å². The number of nitro groups is 1. The van der Waals surface area contributed by atoms with Crippen LogP contribution >= 0.6 is 27.5 Å². The van der Waals surface area contributed by atoms with Crippen molar-refractivity contribution in [3.63, 3.8) is 0 Å². The molecular weight excluding hydrogens is 562 g/mol. The van der Waals surface area contributed by atoms with E-state index in [1.165, 1.54) is 24.3 Å². The summed E-state index contributed by atoms with van der Waals surface area (Å²) in [7, 11) is 0. The molecule has 10 heteroatoms. The van der Waals surface area contributed by atoms with Crippen LogP contribution in [0.15, 0.2) is 88.9 Å². The quantitative estimate of drug-likeness (QED) is 0.0663. The Morgan fingerprint density at radius 1 is 1.05 bits per heavy atom. The molecule has 0 aliphatic carbocycles. The molecule has 0 bridgehead atoms. The Labute approximate surface area is 224 Å². The molecule has 0 aromatic heterocycles. The maximum Gasteiger partial charge on any atom is 0.344 e. The van der Waals surface area contributed by atoms with E-state index in [1.807, 2.05) is 36.4 Å². The first-order valence-corrected chi connectivity index (χ1v) is 11.8. The van der Waals surface area contributed by atoms with Gasteiger partial charge >= 0.3 is 5.97 Å².